The molecule has 0 fully saturated rings. The Hall–Kier alpha value is -2.24. The standard InChI is InChI=1S/C8H6N4O2/c13-8(14)6-2-1-3-10-7(6)12-5-9-4-11-12/h1-5H,(H,13,14). The van der Waals surface area contributed by atoms with Crippen LogP contribution in [0.1, 0.15) is 10.4 Å². The van der Waals surface area contributed by atoms with Crippen LogP contribution in [0.2, 0.25) is 0 Å². The van der Waals surface area contributed by atoms with Gasteiger partial charge < -0.3 is 5.11 Å². The van der Waals surface area contributed by atoms with E-state index >= 15 is 0 Å². The molecular weight excluding hydrogens is 184 g/mol. The van der Waals surface area contributed by atoms with Crippen LogP contribution in [0.5, 0.6) is 0 Å². The molecule has 0 amide bonds. The van der Waals surface area contributed by atoms with E-state index in [2.05, 4.69) is 15.1 Å². The third kappa shape index (κ3) is 1.33. The maximum atomic E-state index is 10.8. The van der Waals surface area contributed by atoms with Crippen molar-refractivity contribution in [3.63, 3.8) is 0 Å². The SMILES string of the molecule is O=C(O)c1cccnc1-n1cncn1. The summed E-state index contributed by atoms with van der Waals surface area (Å²) in [5.74, 6) is -0.777. The van der Waals surface area contributed by atoms with Gasteiger partial charge in [0.05, 0.1) is 0 Å². The van der Waals surface area contributed by atoms with E-state index < -0.39 is 5.97 Å². The molecular formula is C8H6N4O2. The van der Waals surface area contributed by atoms with E-state index in [4.69, 9.17) is 5.11 Å². The zero-order chi connectivity index (χ0) is 9.97. The highest BCUT2D eigenvalue weighted by Gasteiger charge is 2.11. The zero-order valence-corrected chi connectivity index (χ0v) is 7.03. The van der Waals surface area contributed by atoms with Gasteiger partial charge in [0.2, 0.25) is 0 Å². The molecule has 6 nitrogen and oxygen atoms in total. The first-order valence-corrected chi connectivity index (χ1v) is 3.82. The second kappa shape index (κ2) is 3.25. The number of hydrogen-bond donors (Lipinski definition) is 1. The first-order chi connectivity index (χ1) is 6.79. The number of carboxylic acid groups (broad SMARTS) is 1. The first kappa shape index (κ1) is 8.36. The Kier molecular flexibility index (Phi) is 1.94. The van der Waals surface area contributed by atoms with E-state index in [1.807, 2.05) is 0 Å². The van der Waals surface area contributed by atoms with Crippen LogP contribution in [-0.4, -0.2) is 30.8 Å². The molecule has 2 aromatic heterocycles. The number of nitrogens with zero attached hydrogens (tertiary/aromatic N) is 4. The van der Waals surface area contributed by atoms with Crippen LogP contribution < -0.4 is 0 Å². The van der Waals surface area contributed by atoms with Crippen LogP contribution in [0.3, 0.4) is 0 Å². The Labute approximate surface area is 78.9 Å². The molecule has 0 saturated carbocycles. The van der Waals surface area contributed by atoms with Crippen LogP contribution in [0.15, 0.2) is 31.0 Å². The lowest BCUT2D eigenvalue weighted by Gasteiger charge is -2.02. The quantitative estimate of drug-likeness (QED) is 0.739. The average Bonchev–Trinajstić information content (AvgIpc) is 2.70. The van der Waals surface area contributed by atoms with Gasteiger partial charge in [0.25, 0.3) is 0 Å². The Morgan fingerprint density at radius 3 is 3.00 bits per heavy atom. The average molecular weight is 190 g/mol. The third-order valence-electron chi connectivity index (χ3n) is 1.65. The molecule has 0 bridgehead atoms. The number of hydrogen-bond acceptors (Lipinski definition) is 4. The molecule has 2 rings (SSSR count). The maximum Gasteiger partial charge on any atom is 0.339 e. The highest BCUT2D eigenvalue weighted by molar-refractivity contribution is 5.90. The second-order valence-corrected chi connectivity index (χ2v) is 2.52. The number of carbonyl (C=O) groups is 1. The molecule has 0 atom stereocenters. The normalized spacial score (nSPS) is 10.0. The molecule has 0 saturated heterocycles. The minimum absolute atomic E-state index is 0.0954. The Morgan fingerprint density at radius 2 is 2.36 bits per heavy atom. The van der Waals surface area contributed by atoms with Gasteiger partial charge in [-0.3, -0.25) is 0 Å². The summed E-state index contributed by atoms with van der Waals surface area (Å²) in [7, 11) is 0. The predicted octanol–water partition coefficient (Wildman–Crippen LogP) is 0.360. The molecule has 2 heterocycles. The van der Waals surface area contributed by atoms with Crippen molar-refractivity contribution >= 4 is 5.97 Å². The van der Waals surface area contributed by atoms with Gasteiger partial charge in [-0.05, 0) is 12.1 Å². The van der Waals surface area contributed by atoms with Gasteiger partial charge in [-0.2, -0.15) is 5.10 Å². The molecule has 2 aromatic rings. The summed E-state index contributed by atoms with van der Waals surface area (Å²) in [5, 5.41) is 12.7. The highest BCUT2D eigenvalue weighted by Crippen LogP contribution is 2.08. The summed E-state index contributed by atoms with van der Waals surface area (Å²) in [6, 6.07) is 3.02. The number of pyridine rings is 1. The van der Waals surface area contributed by atoms with Crippen molar-refractivity contribution in [1.82, 2.24) is 19.7 Å². The predicted molar refractivity (Wildman–Crippen MR) is 46.1 cm³/mol. The van der Waals surface area contributed by atoms with Gasteiger partial charge in [0.15, 0.2) is 5.82 Å². The lowest BCUT2D eigenvalue weighted by Crippen LogP contribution is -2.07. The Balaban J connectivity index is 2.58. The van der Waals surface area contributed by atoms with Crippen molar-refractivity contribution in [2.75, 3.05) is 0 Å². The van der Waals surface area contributed by atoms with Crippen molar-refractivity contribution in [1.29, 1.82) is 0 Å². The fourth-order valence-corrected chi connectivity index (χ4v) is 1.06. The van der Waals surface area contributed by atoms with Gasteiger partial charge in [-0.15, -0.1) is 0 Å². The molecule has 0 aliphatic heterocycles. The van der Waals surface area contributed by atoms with Crippen LogP contribution in [0, 0.1) is 0 Å². The van der Waals surface area contributed by atoms with E-state index in [-0.39, 0.29) is 11.4 Å². The molecule has 0 spiro atoms. The number of rotatable bonds is 2. The van der Waals surface area contributed by atoms with Crippen molar-refractivity contribution < 1.29 is 9.90 Å². The molecule has 1 N–H and O–H groups in total. The summed E-state index contributed by atoms with van der Waals surface area (Å²) in [5.41, 5.74) is 0.0954. The van der Waals surface area contributed by atoms with E-state index in [1.54, 1.807) is 6.07 Å². The van der Waals surface area contributed by atoms with Crippen LogP contribution in [0.25, 0.3) is 5.82 Å². The smallest absolute Gasteiger partial charge is 0.339 e. The van der Waals surface area contributed by atoms with E-state index in [1.165, 1.54) is 29.6 Å². The number of carboxylic acids is 1. The number of aromatic carboxylic acids is 1. The van der Waals surface area contributed by atoms with Gasteiger partial charge in [-0.1, -0.05) is 0 Å². The second-order valence-electron chi connectivity index (χ2n) is 2.52. The first-order valence-electron chi connectivity index (χ1n) is 3.82. The number of aromatic nitrogens is 4. The molecule has 0 unspecified atom stereocenters. The zero-order valence-electron chi connectivity index (χ0n) is 7.03. The third-order valence-corrected chi connectivity index (χ3v) is 1.65. The summed E-state index contributed by atoms with van der Waals surface area (Å²) in [4.78, 5) is 18.5. The van der Waals surface area contributed by atoms with E-state index in [9.17, 15) is 4.79 Å². The monoisotopic (exact) mass is 190 g/mol. The van der Waals surface area contributed by atoms with Crippen molar-refractivity contribution in [3.8, 4) is 5.82 Å². The van der Waals surface area contributed by atoms with Gasteiger partial charge >= 0.3 is 5.97 Å². The summed E-state index contributed by atoms with van der Waals surface area (Å²) < 4.78 is 1.31. The van der Waals surface area contributed by atoms with Gasteiger partial charge in [-0.25, -0.2) is 19.4 Å². The molecule has 0 aliphatic rings. The maximum absolute atomic E-state index is 10.8. The van der Waals surface area contributed by atoms with Crippen molar-refractivity contribution in [2.45, 2.75) is 0 Å². The van der Waals surface area contributed by atoms with Crippen LogP contribution >= 0.6 is 0 Å². The summed E-state index contributed by atoms with van der Waals surface area (Å²) in [6.45, 7) is 0. The Bertz CT molecular complexity index is 452. The molecule has 0 aliphatic carbocycles. The van der Waals surface area contributed by atoms with Crippen LogP contribution in [0.4, 0.5) is 0 Å². The van der Waals surface area contributed by atoms with Crippen molar-refractivity contribution in [3.05, 3.63) is 36.5 Å². The lowest BCUT2D eigenvalue weighted by molar-refractivity contribution is 0.0696. The molecule has 0 aromatic carbocycles. The molecule has 14 heavy (non-hydrogen) atoms. The lowest BCUT2D eigenvalue weighted by atomic mass is 10.2. The molecule has 70 valence electrons. The minimum atomic E-state index is -1.04. The Morgan fingerprint density at radius 1 is 1.50 bits per heavy atom. The minimum Gasteiger partial charge on any atom is -0.478 e. The van der Waals surface area contributed by atoms with E-state index in [0.717, 1.165) is 0 Å². The van der Waals surface area contributed by atoms with Gasteiger partial charge in [0, 0.05) is 6.20 Å². The molecule has 6 heteroatoms. The fraction of sp³-hybridized carbons (Fsp3) is 0. The van der Waals surface area contributed by atoms with Crippen molar-refractivity contribution in [2.24, 2.45) is 0 Å². The molecule has 0 radical (unpaired) electrons. The highest BCUT2D eigenvalue weighted by atomic mass is 16.4. The van der Waals surface area contributed by atoms with E-state index in [0.29, 0.717) is 0 Å². The fourth-order valence-electron chi connectivity index (χ4n) is 1.06. The van der Waals surface area contributed by atoms with Crippen LogP contribution in [-0.2, 0) is 0 Å². The largest absolute Gasteiger partial charge is 0.478 e. The summed E-state index contributed by atoms with van der Waals surface area (Å²) in [6.07, 6.45) is 4.22. The topological polar surface area (TPSA) is 80.9 Å². The summed E-state index contributed by atoms with van der Waals surface area (Å²) >= 11 is 0. The van der Waals surface area contributed by atoms with Gasteiger partial charge in [0.1, 0.15) is 18.2 Å².